The molecule has 0 fully saturated rings. The van der Waals surface area contributed by atoms with E-state index in [-0.39, 0.29) is 24.6 Å². The molecular weight excluding hydrogens is 300 g/mol. The van der Waals surface area contributed by atoms with Gasteiger partial charge in [-0.3, -0.25) is 14.1 Å². The molecule has 1 heterocycles. The lowest BCUT2D eigenvalue weighted by Crippen LogP contribution is -2.48. The summed E-state index contributed by atoms with van der Waals surface area (Å²) in [7, 11) is -4.04. The van der Waals surface area contributed by atoms with Gasteiger partial charge in [0.05, 0.1) is 5.75 Å². The second-order valence-electron chi connectivity index (χ2n) is 4.48. The number of nitrogens with zero attached hydrogens (tertiary/aromatic N) is 1. The third-order valence-corrected chi connectivity index (χ3v) is 3.36. The molecule has 0 aromatic rings. The zero-order valence-electron chi connectivity index (χ0n) is 11.8. The molecule has 1 rings (SSSR count). The Hall–Kier alpha value is -1.87. The topological polar surface area (TPSA) is 113 Å². The van der Waals surface area contributed by atoms with Crippen LogP contribution >= 0.6 is 0 Å². The average Bonchev–Trinajstić information content (AvgIpc) is 2.30. The first kappa shape index (κ1) is 17.2. The molecule has 1 amide bonds. The number of amides is 1. The molecule has 0 aromatic carbocycles. The number of carbonyl (C=O) groups is 2. The third-order valence-electron chi connectivity index (χ3n) is 2.56. The van der Waals surface area contributed by atoms with E-state index < -0.39 is 28.0 Å². The van der Waals surface area contributed by atoms with Gasteiger partial charge in [-0.25, -0.2) is 0 Å². The molecule has 21 heavy (non-hydrogen) atoms. The fourth-order valence-corrected chi connectivity index (χ4v) is 2.32. The number of carbonyl (C=O) groups excluding carboxylic acids is 2. The van der Waals surface area contributed by atoms with Crippen molar-refractivity contribution in [1.29, 1.82) is 0 Å². The highest BCUT2D eigenvalue weighted by Gasteiger charge is 2.25. The molecule has 0 spiro atoms. The van der Waals surface area contributed by atoms with Crippen molar-refractivity contribution in [1.82, 2.24) is 10.2 Å². The first-order valence-electron chi connectivity index (χ1n) is 6.24. The van der Waals surface area contributed by atoms with Gasteiger partial charge in [-0.1, -0.05) is 0 Å². The monoisotopic (exact) mass is 318 g/mol. The van der Waals surface area contributed by atoms with Gasteiger partial charge in [0.25, 0.3) is 10.1 Å². The van der Waals surface area contributed by atoms with Crippen LogP contribution in [-0.4, -0.2) is 48.2 Å². The van der Waals surface area contributed by atoms with Gasteiger partial charge in [-0.2, -0.15) is 8.42 Å². The molecule has 0 aliphatic carbocycles. The summed E-state index contributed by atoms with van der Waals surface area (Å²) in [4.78, 5) is 23.9. The van der Waals surface area contributed by atoms with Crippen LogP contribution in [0.4, 0.5) is 0 Å². The molecule has 0 radical (unpaired) electrons. The van der Waals surface area contributed by atoms with Crippen LogP contribution in [0.3, 0.4) is 0 Å². The van der Waals surface area contributed by atoms with E-state index in [2.05, 4.69) is 5.32 Å². The van der Waals surface area contributed by atoms with E-state index in [1.54, 1.807) is 23.3 Å². The molecule has 1 aliphatic rings. The number of allylic oxidation sites excluding steroid dienone is 2. The lowest BCUT2D eigenvalue weighted by Gasteiger charge is -2.33. The quantitative estimate of drug-likeness (QED) is 0.523. The fourth-order valence-electron chi connectivity index (χ4n) is 1.82. The largest absolute Gasteiger partial charge is 0.427 e. The summed E-state index contributed by atoms with van der Waals surface area (Å²) in [6.45, 7) is 2.81. The molecule has 0 aromatic heterocycles. The minimum Gasteiger partial charge on any atom is -0.427 e. The van der Waals surface area contributed by atoms with E-state index in [9.17, 15) is 18.0 Å². The summed E-state index contributed by atoms with van der Waals surface area (Å²) < 4.78 is 35.2. The summed E-state index contributed by atoms with van der Waals surface area (Å²) in [5.41, 5.74) is 0. The van der Waals surface area contributed by atoms with Crippen LogP contribution in [0.25, 0.3) is 0 Å². The lowest BCUT2D eigenvalue weighted by molar-refractivity contribution is -0.138. The molecule has 1 atom stereocenters. The Bertz CT molecular complexity index is 566. The van der Waals surface area contributed by atoms with Crippen LogP contribution in [0.2, 0.25) is 0 Å². The summed E-state index contributed by atoms with van der Waals surface area (Å²) in [6.07, 6.45) is 4.26. The highest BCUT2D eigenvalue weighted by atomic mass is 32.2. The van der Waals surface area contributed by atoms with Crippen molar-refractivity contribution in [2.45, 2.75) is 26.4 Å². The Morgan fingerprint density at radius 2 is 2.10 bits per heavy atom. The maximum Gasteiger partial charge on any atom is 0.307 e. The zero-order valence-corrected chi connectivity index (χ0v) is 12.6. The highest BCUT2D eigenvalue weighted by molar-refractivity contribution is 7.85. The SMILES string of the molecule is CC(=O)NC1C(OC(C)=O)=CC=CN1CCCS(=O)(=O)O. The normalized spacial score (nSPS) is 18.1. The van der Waals surface area contributed by atoms with Gasteiger partial charge in [0.2, 0.25) is 5.91 Å². The summed E-state index contributed by atoms with van der Waals surface area (Å²) in [6, 6.07) is 0. The van der Waals surface area contributed by atoms with Crippen LogP contribution < -0.4 is 5.32 Å². The van der Waals surface area contributed by atoms with E-state index in [0.29, 0.717) is 0 Å². The van der Waals surface area contributed by atoms with Crippen molar-refractivity contribution in [3.05, 3.63) is 24.1 Å². The fraction of sp³-hybridized carbons (Fsp3) is 0.500. The number of hydrogen-bond donors (Lipinski definition) is 2. The lowest BCUT2D eigenvalue weighted by atomic mass is 10.2. The van der Waals surface area contributed by atoms with Crippen LogP contribution in [0.1, 0.15) is 20.3 Å². The summed E-state index contributed by atoms with van der Waals surface area (Å²) in [5.74, 6) is -0.999. The number of esters is 1. The molecule has 0 saturated heterocycles. The Morgan fingerprint density at radius 3 is 2.62 bits per heavy atom. The second kappa shape index (κ2) is 7.23. The molecule has 2 N–H and O–H groups in total. The number of hydrogen-bond acceptors (Lipinski definition) is 6. The number of ether oxygens (including phenoxy) is 1. The van der Waals surface area contributed by atoms with E-state index in [0.717, 1.165) is 0 Å². The Balaban J connectivity index is 2.77. The van der Waals surface area contributed by atoms with Gasteiger partial charge in [0.1, 0.15) is 0 Å². The van der Waals surface area contributed by atoms with Gasteiger partial charge < -0.3 is 15.0 Å². The summed E-state index contributed by atoms with van der Waals surface area (Å²) in [5, 5.41) is 2.61. The van der Waals surface area contributed by atoms with Gasteiger partial charge in [0.15, 0.2) is 11.9 Å². The number of rotatable bonds is 6. The minimum atomic E-state index is -4.04. The maximum atomic E-state index is 11.3. The Morgan fingerprint density at radius 1 is 1.43 bits per heavy atom. The summed E-state index contributed by atoms with van der Waals surface area (Å²) >= 11 is 0. The molecule has 9 heteroatoms. The van der Waals surface area contributed by atoms with Crippen LogP contribution in [-0.2, 0) is 24.4 Å². The maximum absolute atomic E-state index is 11.3. The predicted molar refractivity (Wildman–Crippen MR) is 74.3 cm³/mol. The first-order chi connectivity index (χ1) is 9.69. The van der Waals surface area contributed by atoms with Gasteiger partial charge >= 0.3 is 5.97 Å². The molecule has 1 unspecified atom stereocenters. The van der Waals surface area contributed by atoms with E-state index in [1.807, 2.05) is 0 Å². The van der Waals surface area contributed by atoms with Crippen molar-refractivity contribution in [2.75, 3.05) is 12.3 Å². The first-order valence-corrected chi connectivity index (χ1v) is 7.85. The van der Waals surface area contributed by atoms with Gasteiger partial charge in [-0.15, -0.1) is 0 Å². The van der Waals surface area contributed by atoms with E-state index in [4.69, 9.17) is 9.29 Å². The van der Waals surface area contributed by atoms with Crippen LogP contribution in [0.15, 0.2) is 24.1 Å². The molecule has 118 valence electrons. The third kappa shape index (κ3) is 6.41. The second-order valence-corrected chi connectivity index (χ2v) is 6.06. The molecule has 1 aliphatic heterocycles. The average molecular weight is 318 g/mol. The Labute approximate surface area is 123 Å². The highest BCUT2D eigenvalue weighted by Crippen LogP contribution is 2.16. The van der Waals surface area contributed by atoms with E-state index in [1.165, 1.54) is 13.8 Å². The van der Waals surface area contributed by atoms with Crippen LogP contribution in [0, 0.1) is 0 Å². The minimum absolute atomic E-state index is 0.159. The predicted octanol–water partition coefficient (Wildman–Crippen LogP) is 0.00280. The molecular formula is C12H18N2O6S. The molecule has 0 bridgehead atoms. The van der Waals surface area contributed by atoms with Crippen molar-refractivity contribution < 1.29 is 27.3 Å². The molecule has 0 saturated carbocycles. The van der Waals surface area contributed by atoms with Crippen molar-refractivity contribution in [2.24, 2.45) is 0 Å². The Kier molecular flexibility index (Phi) is 5.91. The molecule has 8 nitrogen and oxygen atoms in total. The zero-order chi connectivity index (χ0) is 16.0. The van der Waals surface area contributed by atoms with Crippen molar-refractivity contribution in [3.63, 3.8) is 0 Å². The standard InChI is InChI=1S/C12H18N2O6S/c1-9(15)13-12-11(20-10(2)16)5-3-6-14(12)7-4-8-21(17,18)19/h3,5-6,12H,4,7-8H2,1-2H3,(H,13,15)(H,17,18,19). The van der Waals surface area contributed by atoms with Crippen molar-refractivity contribution in [3.8, 4) is 0 Å². The van der Waals surface area contributed by atoms with Crippen molar-refractivity contribution >= 4 is 22.0 Å². The van der Waals surface area contributed by atoms with Gasteiger partial charge in [0, 0.05) is 26.6 Å². The number of nitrogens with one attached hydrogen (secondary N) is 1. The smallest absolute Gasteiger partial charge is 0.307 e. The van der Waals surface area contributed by atoms with E-state index >= 15 is 0 Å². The van der Waals surface area contributed by atoms with Gasteiger partial charge in [-0.05, 0) is 18.6 Å². The van der Waals surface area contributed by atoms with Crippen LogP contribution in [0.5, 0.6) is 0 Å².